The zero-order valence-electron chi connectivity index (χ0n) is 13.4. The minimum absolute atomic E-state index is 0.0982. The van der Waals surface area contributed by atoms with Crippen LogP contribution in [-0.4, -0.2) is 23.1 Å². The topological polar surface area (TPSA) is 101 Å². The predicted octanol–water partition coefficient (Wildman–Crippen LogP) is 3.85. The van der Waals surface area contributed by atoms with Crippen molar-refractivity contribution in [2.75, 3.05) is 0 Å². The van der Waals surface area contributed by atoms with Crippen molar-refractivity contribution in [3.8, 4) is 0 Å². The van der Waals surface area contributed by atoms with Gasteiger partial charge in [0.25, 0.3) is 0 Å². The minimum atomic E-state index is -4.67. The molecule has 0 heterocycles. The second-order valence-corrected chi connectivity index (χ2v) is 6.24. The number of hydrogen-bond acceptors (Lipinski definition) is 3. The molecular weight excluding hydrogens is 278 g/mol. The van der Waals surface area contributed by atoms with Gasteiger partial charge in [0.1, 0.15) is 0 Å². The highest BCUT2D eigenvalue weighted by Crippen LogP contribution is 2.29. The third-order valence-electron chi connectivity index (χ3n) is 4.03. The molecule has 0 saturated heterocycles. The molecule has 0 aliphatic carbocycles. The lowest BCUT2D eigenvalue weighted by atomic mass is 9.76. The minimum Gasteiger partial charge on any atom is -0.325 e. The van der Waals surface area contributed by atoms with Crippen LogP contribution in [0.4, 0.5) is 0 Å². The lowest BCUT2D eigenvalue weighted by molar-refractivity contribution is 0.225. The van der Waals surface area contributed by atoms with Crippen molar-refractivity contribution in [3.63, 3.8) is 0 Å². The fourth-order valence-corrected chi connectivity index (χ4v) is 2.54. The molecule has 0 aromatic carbocycles. The van der Waals surface area contributed by atoms with E-state index in [0.29, 0.717) is 0 Å². The molecule has 1 atom stereocenters. The summed E-state index contributed by atoms with van der Waals surface area (Å²) in [5.74, 6) is 0.726. The second-order valence-electron chi connectivity index (χ2n) is 5.34. The first kappa shape index (κ1) is 22.1. The van der Waals surface area contributed by atoms with Gasteiger partial charge in [-0.25, -0.2) is 0 Å². The van der Waals surface area contributed by atoms with Gasteiger partial charge in [-0.2, -0.15) is 8.42 Å². The van der Waals surface area contributed by atoms with Crippen LogP contribution in [0.3, 0.4) is 0 Å². The van der Waals surface area contributed by atoms with Gasteiger partial charge < -0.3 is 5.73 Å². The summed E-state index contributed by atoms with van der Waals surface area (Å²) in [6.45, 7) is 9.02. The molecule has 20 heavy (non-hydrogen) atoms. The Morgan fingerprint density at radius 3 is 1.75 bits per heavy atom. The average Bonchev–Trinajstić information content (AvgIpc) is 2.36. The predicted molar refractivity (Wildman–Crippen MR) is 84.2 cm³/mol. The van der Waals surface area contributed by atoms with Gasteiger partial charge in [0.05, 0.1) is 0 Å². The molecule has 0 aliphatic rings. The molecule has 6 heteroatoms. The van der Waals surface area contributed by atoms with E-state index in [1.165, 1.54) is 38.5 Å². The zero-order chi connectivity index (χ0) is 16.2. The third-order valence-corrected chi connectivity index (χ3v) is 4.03. The summed E-state index contributed by atoms with van der Waals surface area (Å²) in [4.78, 5) is 0. The molecule has 0 fully saturated rings. The maximum atomic E-state index is 8.74. The Labute approximate surface area is 124 Å². The maximum Gasteiger partial charge on any atom is 0.394 e. The van der Waals surface area contributed by atoms with Crippen molar-refractivity contribution in [3.05, 3.63) is 0 Å². The second kappa shape index (κ2) is 11.5. The molecule has 0 aromatic heterocycles. The van der Waals surface area contributed by atoms with Crippen LogP contribution < -0.4 is 5.73 Å². The highest BCUT2D eigenvalue weighted by molar-refractivity contribution is 7.79. The number of hydrogen-bond donors (Lipinski definition) is 3. The van der Waals surface area contributed by atoms with Gasteiger partial charge in [0.15, 0.2) is 0 Å². The molecule has 0 aromatic rings. The maximum absolute atomic E-state index is 8.74. The van der Waals surface area contributed by atoms with E-state index < -0.39 is 10.4 Å². The molecule has 0 aliphatic heterocycles. The SMILES string of the molecule is CCCCCCC(CC)C(N)(CC)CC.O=S(=O)(O)O. The Hall–Kier alpha value is -0.170. The van der Waals surface area contributed by atoms with Gasteiger partial charge >= 0.3 is 10.4 Å². The molecule has 0 rings (SSSR count). The van der Waals surface area contributed by atoms with E-state index >= 15 is 0 Å². The molecule has 124 valence electrons. The Bertz CT molecular complexity index is 305. The van der Waals surface area contributed by atoms with Gasteiger partial charge in [-0.1, -0.05) is 59.8 Å². The standard InChI is InChI=1S/C14H31N.H2O4S/c1-5-9-10-11-12-13(6-2)14(15,7-3)8-4;1-5(2,3)4/h13H,5-12,15H2,1-4H3;(H2,1,2,3,4). The average molecular weight is 311 g/mol. The molecule has 0 bridgehead atoms. The summed E-state index contributed by atoms with van der Waals surface area (Å²) >= 11 is 0. The molecule has 0 radical (unpaired) electrons. The largest absolute Gasteiger partial charge is 0.394 e. The van der Waals surface area contributed by atoms with Crippen LogP contribution in [0.1, 0.15) is 79.1 Å². The number of unbranched alkanes of at least 4 members (excludes halogenated alkanes) is 3. The van der Waals surface area contributed by atoms with Crippen LogP contribution in [0.2, 0.25) is 0 Å². The molecular formula is C14H33NO4S. The third kappa shape index (κ3) is 12.8. The van der Waals surface area contributed by atoms with Gasteiger partial charge in [-0.3, -0.25) is 9.11 Å². The highest BCUT2D eigenvalue weighted by Gasteiger charge is 2.29. The van der Waals surface area contributed by atoms with E-state index in [4.69, 9.17) is 23.3 Å². The van der Waals surface area contributed by atoms with Crippen LogP contribution in [0.5, 0.6) is 0 Å². The summed E-state index contributed by atoms with van der Waals surface area (Å²) in [6.07, 6.45) is 10.3. The molecule has 0 spiro atoms. The zero-order valence-corrected chi connectivity index (χ0v) is 14.2. The van der Waals surface area contributed by atoms with Gasteiger partial charge in [-0.05, 0) is 25.2 Å². The van der Waals surface area contributed by atoms with Crippen molar-refractivity contribution in [2.45, 2.75) is 84.6 Å². The van der Waals surface area contributed by atoms with Crippen LogP contribution in [0.15, 0.2) is 0 Å². The Morgan fingerprint density at radius 1 is 1.00 bits per heavy atom. The van der Waals surface area contributed by atoms with E-state index in [2.05, 4.69) is 27.7 Å². The summed E-state index contributed by atoms with van der Waals surface area (Å²) in [5, 5.41) is 0. The Morgan fingerprint density at radius 2 is 1.45 bits per heavy atom. The normalized spacial score (nSPS) is 13.6. The lowest BCUT2D eigenvalue weighted by Gasteiger charge is -2.36. The van der Waals surface area contributed by atoms with E-state index in [1.54, 1.807) is 0 Å². The molecule has 1 unspecified atom stereocenters. The summed E-state index contributed by atoms with van der Waals surface area (Å²) < 4.78 is 31.6. The fourth-order valence-electron chi connectivity index (χ4n) is 2.54. The van der Waals surface area contributed by atoms with Crippen LogP contribution in [0.25, 0.3) is 0 Å². The molecule has 0 amide bonds. The first-order chi connectivity index (χ1) is 9.14. The van der Waals surface area contributed by atoms with Crippen LogP contribution in [-0.2, 0) is 10.4 Å². The van der Waals surface area contributed by atoms with Crippen molar-refractivity contribution in [1.82, 2.24) is 0 Å². The van der Waals surface area contributed by atoms with E-state index in [0.717, 1.165) is 18.8 Å². The Balaban J connectivity index is 0. The first-order valence-electron chi connectivity index (χ1n) is 7.63. The first-order valence-corrected chi connectivity index (χ1v) is 9.02. The van der Waals surface area contributed by atoms with Crippen LogP contribution >= 0.6 is 0 Å². The molecule has 0 saturated carbocycles. The van der Waals surface area contributed by atoms with Gasteiger partial charge in [0, 0.05) is 5.54 Å². The van der Waals surface area contributed by atoms with Crippen molar-refractivity contribution in [1.29, 1.82) is 0 Å². The monoisotopic (exact) mass is 311 g/mol. The Kier molecular flexibility index (Phi) is 12.7. The number of nitrogens with two attached hydrogens (primary N) is 1. The van der Waals surface area contributed by atoms with E-state index in [-0.39, 0.29) is 5.54 Å². The van der Waals surface area contributed by atoms with Crippen LogP contribution in [0, 0.1) is 5.92 Å². The smallest absolute Gasteiger partial charge is 0.325 e. The van der Waals surface area contributed by atoms with E-state index in [1.807, 2.05) is 0 Å². The quantitative estimate of drug-likeness (QED) is 0.443. The summed E-state index contributed by atoms with van der Waals surface area (Å²) in [6, 6.07) is 0. The summed E-state index contributed by atoms with van der Waals surface area (Å²) in [5.41, 5.74) is 6.56. The van der Waals surface area contributed by atoms with Crippen molar-refractivity contribution in [2.24, 2.45) is 11.7 Å². The fraction of sp³-hybridized carbons (Fsp3) is 1.00. The van der Waals surface area contributed by atoms with Crippen molar-refractivity contribution >= 4 is 10.4 Å². The summed E-state index contributed by atoms with van der Waals surface area (Å²) in [7, 11) is -4.67. The van der Waals surface area contributed by atoms with Crippen molar-refractivity contribution < 1.29 is 17.5 Å². The number of rotatable bonds is 9. The molecule has 4 N–H and O–H groups in total. The highest BCUT2D eigenvalue weighted by atomic mass is 32.3. The lowest BCUT2D eigenvalue weighted by Crippen LogP contribution is -2.45. The van der Waals surface area contributed by atoms with Gasteiger partial charge in [0.2, 0.25) is 0 Å². The van der Waals surface area contributed by atoms with E-state index in [9.17, 15) is 0 Å². The van der Waals surface area contributed by atoms with Gasteiger partial charge in [-0.15, -0.1) is 0 Å². The molecule has 5 nitrogen and oxygen atoms in total.